The van der Waals surface area contributed by atoms with Gasteiger partial charge in [0.05, 0.1) is 12.0 Å². The Morgan fingerprint density at radius 2 is 2.00 bits per heavy atom. The number of ether oxygens (including phenoxy) is 1. The van der Waals surface area contributed by atoms with Crippen LogP contribution in [0.2, 0.25) is 0 Å². The van der Waals surface area contributed by atoms with E-state index in [1.807, 2.05) is 0 Å². The average molecular weight is 323 g/mol. The molecule has 7 heteroatoms. The highest BCUT2D eigenvalue weighted by molar-refractivity contribution is 7.99. The molecular formula is C15H21N3O3S. The van der Waals surface area contributed by atoms with Crippen molar-refractivity contribution in [3.63, 3.8) is 0 Å². The van der Waals surface area contributed by atoms with Crippen LogP contribution in [-0.2, 0) is 25.4 Å². The van der Waals surface area contributed by atoms with Crippen molar-refractivity contribution in [2.24, 2.45) is 14.1 Å². The molecule has 0 aliphatic carbocycles. The minimum Gasteiger partial charge on any atom is -0.380 e. The smallest absolute Gasteiger partial charge is 0.332 e. The van der Waals surface area contributed by atoms with Gasteiger partial charge in [0, 0.05) is 37.9 Å². The van der Waals surface area contributed by atoms with Gasteiger partial charge in [-0.15, -0.1) is 11.8 Å². The highest BCUT2D eigenvalue weighted by Gasteiger charge is 2.17. The monoisotopic (exact) mass is 323 g/mol. The lowest BCUT2D eigenvalue weighted by molar-refractivity contribution is 0.183. The Labute approximate surface area is 133 Å². The molecule has 120 valence electrons. The van der Waals surface area contributed by atoms with Gasteiger partial charge in [-0.05, 0) is 12.2 Å². The summed E-state index contributed by atoms with van der Waals surface area (Å²) in [6, 6.07) is 0. The maximum absolute atomic E-state index is 12.6. The van der Waals surface area contributed by atoms with Crippen molar-refractivity contribution in [2.45, 2.75) is 31.3 Å². The number of aromatic nitrogens is 3. The SMILES string of the molecule is CCCCSc1c(COC)cnc2c1c(=O)n(C)c(=O)n2C. The molecular weight excluding hydrogens is 302 g/mol. The second-order valence-electron chi connectivity index (χ2n) is 5.15. The summed E-state index contributed by atoms with van der Waals surface area (Å²) in [4.78, 5) is 29.8. The van der Waals surface area contributed by atoms with Crippen LogP contribution in [0.15, 0.2) is 20.7 Å². The molecule has 0 aliphatic rings. The molecule has 0 unspecified atom stereocenters. The zero-order valence-electron chi connectivity index (χ0n) is 13.4. The Balaban J connectivity index is 2.77. The fourth-order valence-corrected chi connectivity index (χ4v) is 3.54. The second kappa shape index (κ2) is 7.11. The zero-order chi connectivity index (χ0) is 16.3. The number of thioether (sulfide) groups is 1. The molecule has 0 saturated carbocycles. The van der Waals surface area contributed by atoms with Gasteiger partial charge in [-0.3, -0.25) is 13.9 Å². The van der Waals surface area contributed by atoms with Crippen molar-refractivity contribution in [3.05, 3.63) is 32.6 Å². The number of hydrogen-bond donors (Lipinski definition) is 0. The van der Waals surface area contributed by atoms with E-state index in [-0.39, 0.29) is 11.2 Å². The van der Waals surface area contributed by atoms with E-state index in [4.69, 9.17) is 4.74 Å². The highest BCUT2D eigenvalue weighted by Crippen LogP contribution is 2.29. The minimum absolute atomic E-state index is 0.303. The van der Waals surface area contributed by atoms with E-state index in [9.17, 15) is 9.59 Å². The van der Waals surface area contributed by atoms with Gasteiger partial charge in [-0.2, -0.15) is 0 Å². The van der Waals surface area contributed by atoms with Crippen LogP contribution in [0.4, 0.5) is 0 Å². The molecule has 0 amide bonds. The van der Waals surface area contributed by atoms with E-state index in [1.54, 1.807) is 32.1 Å². The summed E-state index contributed by atoms with van der Waals surface area (Å²) in [5, 5.41) is 0.500. The molecule has 6 nitrogen and oxygen atoms in total. The standard InChI is InChI=1S/C15H21N3O3S/c1-5-6-7-22-12-10(9-21-4)8-16-13-11(12)14(19)18(3)15(20)17(13)2/h8H,5-7,9H2,1-4H3. The first kappa shape index (κ1) is 16.8. The molecule has 2 heterocycles. The fraction of sp³-hybridized carbons (Fsp3) is 0.533. The van der Waals surface area contributed by atoms with Gasteiger partial charge in [-0.25, -0.2) is 9.78 Å². The normalized spacial score (nSPS) is 11.3. The number of nitrogens with zero attached hydrogens (tertiary/aromatic N) is 3. The Hall–Kier alpha value is -1.60. The van der Waals surface area contributed by atoms with Crippen molar-refractivity contribution >= 4 is 22.8 Å². The second-order valence-corrected chi connectivity index (χ2v) is 6.26. The number of rotatable bonds is 6. The first-order valence-corrected chi connectivity index (χ1v) is 8.20. The van der Waals surface area contributed by atoms with E-state index >= 15 is 0 Å². The van der Waals surface area contributed by atoms with Crippen LogP contribution in [0.1, 0.15) is 25.3 Å². The van der Waals surface area contributed by atoms with Crippen molar-refractivity contribution in [3.8, 4) is 0 Å². The van der Waals surface area contributed by atoms with Crippen LogP contribution < -0.4 is 11.2 Å². The van der Waals surface area contributed by atoms with Crippen LogP contribution >= 0.6 is 11.8 Å². The lowest BCUT2D eigenvalue weighted by atomic mass is 10.2. The van der Waals surface area contributed by atoms with Gasteiger partial charge in [0.1, 0.15) is 5.65 Å². The summed E-state index contributed by atoms with van der Waals surface area (Å²) < 4.78 is 7.76. The molecule has 0 spiro atoms. The van der Waals surface area contributed by atoms with Crippen molar-refractivity contribution < 1.29 is 4.74 Å². The number of hydrogen-bond acceptors (Lipinski definition) is 5. The molecule has 0 aliphatic heterocycles. The Morgan fingerprint density at radius 1 is 1.27 bits per heavy atom. The Kier molecular flexibility index (Phi) is 5.42. The summed E-state index contributed by atoms with van der Waals surface area (Å²) in [5.74, 6) is 0.915. The third-order valence-electron chi connectivity index (χ3n) is 3.54. The van der Waals surface area contributed by atoms with Gasteiger partial charge in [0.2, 0.25) is 0 Å². The third kappa shape index (κ3) is 2.96. The van der Waals surface area contributed by atoms with E-state index in [0.717, 1.165) is 33.6 Å². The third-order valence-corrected chi connectivity index (χ3v) is 4.79. The van der Waals surface area contributed by atoms with Gasteiger partial charge in [0.25, 0.3) is 5.56 Å². The number of methoxy groups -OCH3 is 1. The molecule has 2 aromatic heterocycles. The number of unbranched alkanes of at least 4 members (excludes halogenated alkanes) is 1. The quantitative estimate of drug-likeness (QED) is 0.597. The molecule has 2 aromatic rings. The Bertz CT molecular complexity index is 795. The van der Waals surface area contributed by atoms with Crippen LogP contribution in [-0.4, -0.2) is 27.0 Å². The summed E-state index contributed by atoms with van der Waals surface area (Å²) in [7, 11) is 4.74. The molecule has 0 fully saturated rings. The number of pyridine rings is 1. The maximum Gasteiger partial charge on any atom is 0.332 e. The Morgan fingerprint density at radius 3 is 2.64 bits per heavy atom. The van der Waals surface area contributed by atoms with Crippen LogP contribution in [0.3, 0.4) is 0 Å². The molecule has 0 radical (unpaired) electrons. The lowest BCUT2D eigenvalue weighted by Crippen LogP contribution is -2.37. The lowest BCUT2D eigenvalue weighted by Gasteiger charge is -2.13. The van der Waals surface area contributed by atoms with Crippen LogP contribution in [0, 0.1) is 0 Å². The molecule has 0 atom stereocenters. The van der Waals surface area contributed by atoms with Crippen molar-refractivity contribution in [1.82, 2.24) is 14.1 Å². The van der Waals surface area contributed by atoms with Crippen molar-refractivity contribution in [2.75, 3.05) is 12.9 Å². The first-order chi connectivity index (χ1) is 10.5. The molecule has 0 saturated heterocycles. The molecule has 0 bridgehead atoms. The zero-order valence-corrected chi connectivity index (χ0v) is 14.2. The summed E-state index contributed by atoms with van der Waals surface area (Å²) >= 11 is 1.63. The highest BCUT2D eigenvalue weighted by atomic mass is 32.2. The van der Waals surface area contributed by atoms with E-state index in [0.29, 0.717) is 17.6 Å². The largest absolute Gasteiger partial charge is 0.380 e. The molecule has 0 N–H and O–H groups in total. The number of aryl methyl sites for hydroxylation is 1. The topological polar surface area (TPSA) is 66.1 Å². The van der Waals surface area contributed by atoms with E-state index in [1.165, 1.54) is 11.6 Å². The van der Waals surface area contributed by atoms with Gasteiger partial charge < -0.3 is 4.74 Å². The maximum atomic E-state index is 12.6. The summed E-state index contributed by atoms with van der Waals surface area (Å²) in [5.41, 5.74) is 0.635. The fourth-order valence-electron chi connectivity index (χ4n) is 2.28. The molecule has 0 aromatic carbocycles. The molecule has 2 rings (SSSR count). The average Bonchev–Trinajstić information content (AvgIpc) is 2.52. The minimum atomic E-state index is -0.367. The predicted molar refractivity (Wildman–Crippen MR) is 88.6 cm³/mol. The van der Waals surface area contributed by atoms with Gasteiger partial charge in [0.15, 0.2) is 0 Å². The van der Waals surface area contributed by atoms with Gasteiger partial charge in [-0.1, -0.05) is 13.3 Å². The van der Waals surface area contributed by atoms with E-state index in [2.05, 4.69) is 11.9 Å². The van der Waals surface area contributed by atoms with E-state index < -0.39 is 0 Å². The predicted octanol–water partition coefficient (Wildman–Crippen LogP) is 1.67. The van der Waals surface area contributed by atoms with Crippen molar-refractivity contribution in [1.29, 1.82) is 0 Å². The van der Waals surface area contributed by atoms with Crippen LogP contribution in [0.5, 0.6) is 0 Å². The molecule has 22 heavy (non-hydrogen) atoms. The summed E-state index contributed by atoms with van der Waals surface area (Å²) in [6.45, 7) is 2.52. The van der Waals surface area contributed by atoms with Crippen LogP contribution in [0.25, 0.3) is 11.0 Å². The number of fused-ring (bicyclic) bond motifs is 1. The van der Waals surface area contributed by atoms with Gasteiger partial charge >= 0.3 is 5.69 Å². The first-order valence-electron chi connectivity index (χ1n) is 7.22. The summed E-state index contributed by atoms with van der Waals surface area (Å²) in [6.07, 6.45) is 3.85.